The molecule has 0 aliphatic carbocycles. The van der Waals surface area contributed by atoms with Crippen molar-refractivity contribution in [2.24, 2.45) is 0 Å². The Morgan fingerprint density at radius 2 is 1.40 bits per heavy atom. The summed E-state index contributed by atoms with van der Waals surface area (Å²) < 4.78 is 0. The summed E-state index contributed by atoms with van der Waals surface area (Å²) in [5.41, 5.74) is 7.22. The summed E-state index contributed by atoms with van der Waals surface area (Å²) in [6.07, 6.45) is 22.7. The molecule has 0 heterocycles. The molecule has 0 spiro atoms. The fraction of sp³-hybridized carbons (Fsp3) is 0.520. The fourth-order valence-electron chi connectivity index (χ4n) is 2.51. The molecule has 0 saturated heterocycles. The van der Waals surface area contributed by atoms with Crippen molar-refractivity contribution in [3.8, 4) is 0 Å². The van der Waals surface area contributed by atoms with Crippen LogP contribution in [0, 0.1) is 0 Å². The van der Waals surface area contributed by atoms with Crippen molar-refractivity contribution in [3.05, 3.63) is 70.4 Å². The van der Waals surface area contributed by atoms with Crippen LogP contribution in [0.5, 0.6) is 0 Å². The topological polar surface area (TPSA) is 0 Å². The van der Waals surface area contributed by atoms with E-state index in [4.69, 9.17) is 0 Å². The maximum absolute atomic E-state index is 2.37. The first-order valence-corrected chi connectivity index (χ1v) is 9.77. The third-order valence-corrected chi connectivity index (χ3v) is 4.54. The van der Waals surface area contributed by atoms with E-state index < -0.39 is 0 Å². The van der Waals surface area contributed by atoms with E-state index >= 15 is 0 Å². The van der Waals surface area contributed by atoms with Gasteiger partial charge in [-0.3, -0.25) is 0 Å². The molecule has 0 saturated carbocycles. The molecule has 0 aliphatic heterocycles. The van der Waals surface area contributed by atoms with Crippen LogP contribution in [-0.4, -0.2) is 0 Å². The molecule has 0 nitrogen and oxygen atoms in total. The van der Waals surface area contributed by atoms with E-state index in [1.807, 2.05) is 0 Å². The Balaban J connectivity index is 4.46. The quantitative estimate of drug-likeness (QED) is 0.200. The van der Waals surface area contributed by atoms with E-state index in [9.17, 15) is 0 Å². The predicted molar refractivity (Wildman–Crippen MR) is 117 cm³/mol. The van der Waals surface area contributed by atoms with Crippen molar-refractivity contribution in [1.82, 2.24) is 0 Å². The van der Waals surface area contributed by atoms with Gasteiger partial charge in [-0.2, -0.15) is 0 Å². The average Bonchev–Trinajstić information content (AvgIpc) is 2.56. The highest BCUT2D eigenvalue weighted by Gasteiger charge is 1.98. The van der Waals surface area contributed by atoms with Crippen LogP contribution in [0.25, 0.3) is 0 Å². The van der Waals surface area contributed by atoms with E-state index in [-0.39, 0.29) is 0 Å². The summed E-state index contributed by atoms with van der Waals surface area (Å²) in [6, 6.07) is 0. The zero-order chi connectivity index (χ0) is 19.1. The largest absolute Gasteiger partial charge is 0.0917 e. The van der Waals surface area contributed by atoms with Crippen molar-refractivity contribution < 1.29 is 0 Å². The maximum Gasteiger partial charge on any atom is -0.0136 e. The van der Waals surface area contributed by atoms with E-state index in [2.05, 4.69) is 91.0 Å². The van der Waals surface area contributed by atoms with Crippen LogP contribution in [0.15, 0.2) is 70.4 Å². The molecule has 0 amide bonds. The lowest BCUT2D eigenvalue weighted by molar-refractivity contribution is 0.957. The molecule has 0 unspecified atom stereocenters. The molecule has 0 aromatic rings. The summed E-state index contributed by atoms with van der Waals surface area (Å²) in [4.78, 5) is 0. The SMILES string of the molecule is C/C=C/CC/C=C/C/C(C)=C(C)/C(C)=C/C/C=C(\C)CCC=C(C)C. The lowest BCUT2D eigenvalue weighted by Crippen LogP contribution is -1.86. The van der Waals surface area contributed by atoms with Gasteiger partial charge in [0.15, 0.2) is 0 Å². The molecule has 0 atom stereocenters. The van der Waals surface area contributed by atoms with Crippen LogP contribution in [-0.2, 0) is 0 Å². The lowest BCUT2D eigenvalue weighted by Gasteiger charge is -2.07. The average molecular weight is 341 g/mol. The number of allylic oxidation sites excluding steroid dienone is 12. The van der Waals surface area contributed by atoms with Crippen LogP contribution in [0.3, 0.4) is 0 Å². The first-order chi connectivity index (χ1) is 11.9. The van der Waals surface area contributed by atoms with Crippen molar-refractivity contribution in [2.45, 2.75) is 87.0 Å². The first kappa shape index (κ1) is 23.4. The Morgan fingerprint density at radius 1 is 0.720 bits per heavy atom. The molecule has 0 aromatic carbocycles. The van der Waals surface area contributed by atoms with Gasteiger partial charge >= 0.3 is 0 Å². The minimum Gasteiger partial charge on any atom is -0.0917 e. The van der Waals surface area contributed by atoms with Gasteiger partial charge in [-0.15, -0.1) is 0 Å². The Labute approximate surface area is 157 Å². The van der Waals surface area contributed by atoms with E-state index in [1.165, 1.54) is 34.3 Å². The monoisotopic (exact) mass is 340 g/mol. The molecule has 0 aliphatic rings. The summed E-state index contributed by atoms with van der Waals surface area (Å²) in [6.45, 7) is 15.4. The van der Waals surface area contributed by atoms with Crippen LogP contribution in [0.4, 0.5) is 0 Å². The summed E-state index contributed by atoms with van der Waals surface area (Å²) in [5.74, 6) is 0. The Kier molecular flexibility index (Phi) is 13.8. The minimum absolute atomic E-state index is 1.04. The molecule has 0 aromatic heterocycles. The highest BCUT2D eigenvalue weighted by atomic mass is 14.0. The Bertz CT molecular complexity index is 541. The number of hydrogen-bond acceptors (Lipinski definition) is 0. The van der Waals surface area contributed by atoms with E-state index in [0.717, 1.165) is 32.1 Å². The molecule has 25 heavy (non-hydrogen) atoms. The molecular formula is C25H40. The third kappa shape index (κ3) is 13.4. The van der Waals surface area contributed by atoms with Gasteiger partial charge in [-0.05, 0) is 92.6 Å². The summed E-state index contributed by atoms with van der Waals surface area (Å²) in [7, 11) is 0. The standard InChI is InChI=1S/C25H40/c1-8-9-10-11-12-13-19-23(5)25(7)24(6)20-15-18-22(4)17-14-16-21(2)3/h8-9,12-13,16,18,20H,10-11,14-15,17,19H2,1-7H3/b9-8+,13-12+,22-18+,24-20+,25-23+. The van der Waals surface area contributed by atoms with Crippen molar-refractivity contribution in [1.29, 1.82) is 0 Å². The molecule has 0 heteroatoms. The first-order valence-electron chi connectivity index (χ1n) is 9.77. The highest BCUT2D eigenvalue weighted by molar-refractivity contribution is 5.32. The third-order valence-electron chi connectivity index (χ3n) is 4.54. The van der Waals surface area contributed by atoms with Gasteiger partial charge in [0.2, 0.25) is 0 Å². The van der Waals surface area contributed by atoms with Crippen LogP contribution < -0.4 is 0 Å². The van der Waals surface area contributed by atoms with Crippen molar-refractivity contribution in [2.75, 3.05) is 0 Å². The van der Waals surface area contributed by atoms with E-state index in [0.29, 0.717) is 0 Å². The molecule has 0 radical (unpaired) electrons. The smallest absolute Gasteiger partial charge is 0.0136 e. The van der Waals surface area contributed by atoms with Gasteiger partial charge in [0.25, 0.3) is 0 Å². The lowest BCUT2D eigenvalue weighted by atomic mass is 10.00. The Hall–Kier alpha value is -1.56. The van der Waals surface area contributed by atoms with Gasteiger partial charge in [0, 0.05) is 0 Å². The van der Waals surface area contributed by atoms with Crippen LogP contribution in [0.1, 0.15) is 87.0 Å². The number of hydrogen-bond donors (Lipinski definition) is 0. The van der Waals surface area contributed by atoms with Crippen molar-refractivity contribution in [3.63, 3.8) is 0 Å². The van der Waals surface area contributed by atoms with Crippen LogP contribution in [0.2, 0.25) is 0 Å². The van der Waals surface area contributed by atoms with Gasteiger partial charge in [-0.25, -0.2) is 0 Å². The zero-order valence-corrected chi connectivity index (χ0v) is 17.8. The van der Waals surface area contributed by atoms with Gasteiger partial charge in [-0.1, -0.05) is 64.8 Å². The second kappa shape index (κ2) is 14.8. The Morgan fingerprint density at radius 3 is 2.04 bits per heavy atom. The highest BCUT2D eigenvalue weighted by Crippen LogP contribution is 2.18. The van der Waals surface area contributed by atoms with Gasteiger partial charge in [0.05, 0.1) is 0 Å². The molecule has 0 N–H and O–H groups in total. The summed E-state index contributed by atoms with van der Waals surface area (Å²) in [5, 5.41) is 0. The maximum atomic E-state index is 2.37. The fourth-order valence-corrected chi connectivity index (χ4v) is 2.51. The summed E-state index contributed by atoms with van der Waals surface area (Å²) >= 11 is 0. The molecule has 0 bridgehead atoms. The second-order valence-corrected chi connectivity index (χ2v) is 7.22. The predicted octanol–water partition coefficient (Wildman–Crippen LogP) is 8.65. The molecule has 0 fully saturated rings. The van der Waals surface area contributed by atoms with Crippen LogP contribution >= 0.6 is 0 Å². The number of unbranched alkanes of at least 4 members (excludes halogenated alkanes) is 1. The van der Waals surface area contributed by atoms with E-state index in [1.54, 1.807) is 0 Å². The molecule has 0 rings (SSSR count). The minimum atomic E-state index is 1.04. The molecule has 140 valence electrons. The molecular weight excluding hydrogens is 300 g/mol. The number of rotatable bonds is 11. The normalized spacial score (nSPS) is 14.4. The van der Waals surface area contributed by atoms with Gasteiger partial charge < -0.3 is 0 Å². The zero-order valence-electron chi connectivity index (χ0n) is 17.8. The van der Waals surface area contributed by atoms with Crippen molar-refractivity contribution >= 4 is 0 Å². The second-order valence-electron chi connectivity index (χ2n) is 7.22. The van der Waals surface area contributed by atoms with Gasteiger partial charge in [0.1, 0.15) is 0 Å².